The molecule has 3 amide bonds. The molecule has 0 aliphatic rings. The zero-order valence-electron chi connectivity index (χ0n) is 15.2. The molecule has 4 N–H and O–H groups in total. The molecule has 1 aromatic heterocycles. The van der Waals surface area contributed by atoms with Crippen molar-refractivity contribution in [2.24, 2.45) is 0 Å². The molecular weight excluding hydrogens is 385 g/mol. The van der Waals surface area contributed by atoms with E-state index in [1.54, 1.807) is 30.5 Å². The highest BCUT2D eigenvalue weighted by Gasteiger charge is 2.31. The SMILES string of the molecule is CC(=O)Nc1ccc(C(F)(F)F)cc1NC(=O)Nc1ccc(-c2cc[nH]c2)cc1. The molecule has 0 bridgehead atoms. The zero-order chi connectivity index (χ0) is 21.0. The number of H-pyrrole nitrogens is 1. The summed E-state index contributed by atoms with van der Waals surface area (Å²) >= 11 is 0. The van der Waals surface area contributed by atoms with Crippen LogP contribution in [-0.4, -0.2) is 16.9 Å². The number of aromatic amines is 1. The van der Waals surface area contributed by atoms with Gasteiger partial charge in [-0.25, -0.2) is 4.79 Å². The van der Waals surface area contributed by atoms with Crippen LogP contribution in [0.5, 0.6) is 0 Å². The minimum Gasteiger partial charge on any atom is -0.367 e. The molecule has 0 atom stereocenters. The Labute approximate surface area is 164 Å². The van der Waals surface area contributed by atoms with Crippen molar-refractivity contribution in [3.8, 4) is 11.1 Å². The number of hydrogen-bond acceptors (Lipinski definition) is 2. The summed E-state index contributed by atoms with van der Waals surface area (Å²) in [5.74, 6) is -0.478. The van der Waals surface area contributed by atoms with Gasteiger partial charge in [0, 0.05) is 25.0 Å². The van der Waals surface area contributed by atoms with Gasteiger partial charge in [0.25, 0.3) is 0 Å². The van der Waals surface area contributed by atoms with Crippen LogP contribution in [0.1, 0.15) is 12.5 Å². The maximum atomic E-state index is 13.0. The number of halogens is 3. The second-order valence-corrected chi connectivity index (χ2v) is 6.20. The van der Waals surface area contributed by atoms with Crippen LogP contribution in [-0.2, 0) is 11.0 Å². The van der Waals surface area contributed by atoms with E-state index < -0.39 is 23.7 Å². The lowest BCUT2D eigenvalue weighted by atomic mass is 10.1. The average Bonchev–Trinajstić information content (AvgIpc) is 3.17. The molecule has 0 unspecified atom stereocenters. The molecule has 0 fully saturated rings. The molecule has 0 aliphatic heterocycles. The first-order chi connectivity index (χ1) is 13.7. The third kappa shape index (κ3) is 5.16. The van der Waals surface area contributed by atoms with Crippen LogP contribution in [0, 0.1) is 0 Å². The van der Waals surface area contributed by atoms with Crippen molar-refractivity contribution in [3.63, 3.8) is 0 Å². The first kappa shape index (κ1) is 20.0. The molecule has 6 nitrogen and oxygen atoms in total. The maximum Gasteiger partial charge on any atom is 0.416 e. The number of carbonyl (C=O) groups is 2. The molecule has 0 saturated carbocycles. The van der Waals surface area contributed by atoms with Gasteiger partial charge in [-0.05, 0) is 47.5 Å². The summed E-state index contributed by atoms with van der Waals surface area (Å²) in [5, 5.41) is 7.29. The highest BCUT2D eigenvalue weighted by molar-refractivity contribution is 6.03. The summed E-state index contributed by atoms with van der Waals surface area (Å²) < 4.78 is 38.9. The van der Waals surface area contributed by atoms with Crippen molar-refractivity contribution in [2.45, 2.75) is 13.1 Å². The van der Waals surface area contributed by atoms with Crippen molar-refractivity contribution in [1.29, 1.82) is 0 Å². The average molecular weight is 402 g/mol. The van der Waals surface area contributed by atoms with Gasteiger partial charge in [0.1, 0.15) is 0 Å². The van der Waals surface area contributed by atoms with E-state index in [4.69, 9.17) is 0 Å². The fraction of sp³-hybridized carbons (Fsp3) is 0.100. The van der Waals surface area contributed by atoms with Gasteiger partial charge >= 0.3 is 12.2 Å². The lowest BCUT2D eigenvalue weighted by Gasteiger charge is -2.15. The number of amides is 3. The standard InChI is InChI=1S/C20H17F3N4O2/c1-12(28)25-17-7-4-15(20(21,22)23)10-18(17)27-19(29)26-16-5-2-13(3-6-16)14-8-9-24-11-14/h2-11,24H,1H3,(H,25,28)(H2,26,27,29). The third-order valence-corrected chi connectivity index (χ3v) is 3.98. The Hall–Kier alpha value is -3.75. The molecule has 3 rings (SSSR count). The van der Waals surface area contributed by atoms with Gasteiger partial charge in [-0.1, -0.05) is 12.1 Å². The zero-order valence-corrected chi connectivity index (χ0v) is 15.2. The van der Waals surface area contributed by atoms with Crippen LogP contribution in [0.4, 0.5) is 35.0 Å². The first-order valence-electron chi connectivity index (χ1n) is 8.52. The Bertz CT molecular complexity index is 1010. The van der Waals surface area contributed by atoms with E-state index in [2.05, 4.69) is 20.9 Å². The van der Waals surface area contributed by atoms with Gasteiger partial charge in [-0.15, -0.1) is 0 Å². The van der Waals surface area contributed by atoms with E-state index >= 15 is 0 Å². The summed E-state index contributed by atoms with van der Waals surface area (Å²) in [6, 6.07) is 10.8. The second-order valence-electron chi connectivity index (χ2n) is 6.20. The fourth-order valence-corrected chi connectivity index (χ4v) is 2.66. The van der Waals surface area contributed by atoms with Gasteiger partial charge in [-0.3, -0.25) is 4.79 Å². The van der Waals surface area contributed by atoms with E-state index in [1.807, 2.05) is 12.3 Å². The van der Waals surface area contributed by atoms with Crippen LogP contribution in [0.3, 0.4) is 0 Å². The number of hydrogen-bond donors (Lipinski definition) is 4. The van der Waals surface area contributed by atoms with Crippen LogP contribution >= 0.6 is 0 Å². The Balaban J connectivity index is 1.76. The van der Waals surface area contributed by atoms with Crippen molar-refractivity contribution in [2.75, 3.05) is 16.0 Å². The molecule has 0 spiro atoms. The molecule has 0 saturated heterocycles. The number of alkyl halides is 3. The summed E-state index contributed by atoms with van der Waals surface area (Å²) in [4.78, 5) is 26.5. The highest BCUT2D eigenvalue weighted by atomic mass is 19.4. The number of anilines is 3. The Morgan fingerprint density at radius 1 is 0.862 bits per heavy atom. The summed E-state index contributed by atoms with van der Waals surface area (Å²) in [6.07, 6.45) is -0.973. The highest BCUT2D eigenvalue weighted by Crippen LogP contribution is 2.34. The largest absolute Gasteiger partial charge is 0.416 e. The van der Waals surface area contributed by atoms with Gasteiger partial charge < -0.3 is 20.9 Å². The lowest BCUT2D eigenvalue weighted by Crippen LogP contribution is -2.21. The Kier molecular flexibility index (Phi) is 5.58. The summed E-state index contributed by atoms with van der Waals surface area (Å²) in [7, 11) is 0. The van der Waals surface area contributed by atoms with E-state index in [-0.39, 0.29) is 11.4 Å². The minimum atomic E-state index is -4.59. The van der Waals surface area contributed by atoms with Crippen LogP contribution in [0.25, 0.3) is 11.1 Å². The Morgan fingerprint density at radius 2 is 1.59 bits per heavy atom. The number of urea groups is 1. The first-order valence-corrected chi connectivity index (χ1v) is 8.52. The third-order valence-electron chi connectivity index (χ3n) is 3.98. The molecular formula is C20H17F3N4O2. The quantitative estimate of drug-likeness (QED) is 0.477. The molecule has 2 aromatic carbocycles. The number of benzene rings is 2. The van der Waals surface area contributed by atoms with E-state index in [1.165, 1.54) is 6.92 Å². The number of rotatable bonds is 4. The summed E-state index contributed by atoms with van der Waals surface area (Å²) in [6.45, 7) is 1.22. The number of nitrogens with one attached hydrogen (secondary N) is 4. The van der Waals surface area contributed by atoms with Gasteiger partial charge in [0.05, 0.1) is 16.9 Å². The van der Waals surface area contributed by atoms with Crippen molar-refractivity contribution in [1.82, 2.24) is 4.98 Å². The predicted molar refractivity (Wildman–Crippen MR) is 105 cm³/mol. The topological polar surface area (TPSA) is 86.0 Å². The van der Waals surface area contributed by atoms with Crippen LogP contribution in [0.2, 0.25) is 0 Å². The van der Waals surface area contributed by atoms with E-state index in [9.17, 15) is 22.8 Å². The normalized spacial score (nSPS) is 11.0. The fourth-order valence-electron chi connectivity index (χ4n) is 2.66. The lowest BCUT2D eigenvalue weighted by molar-refractivity contribution is -0.137. The predicted octanol–water partition coefficient (Wildman–Crippen LogP) is 5.30. The molecule has 9 heteroatoms. The summed E-state index contributed by atoms with van der Waals surface area (Å²) in [5.41, 5.74) is 1.31. The molecule has 150 valence electrons. The molecule has 3 aromatic rings. The van der Waals surface area contributed by atoms with E-state index in [0.29, 0.717) is 5.69 Å². The monoisotopic (exact) mass is 402 g/mol. The number of aromatic nitrogens is 1. The van der Waals surface area contributed by atoms with Crippen molar-refractivity contribution < 1.29 is 22.8 Å². The van der Waals surface area contributed by atoms with Crippen molar-refractivity contribution >= 4 is 29.0 Å². The van der Waals surface area contributed by atoms with Crippen LogP contribution < -0.4 is 16.0 Å². The maximum absolute atomic E-state index is 13.0. The molecule has 0 radical (unpaired) electrons. The van der Waals surface area contributed by atoms with Gasteiger partial charge in [-0.2, -0.15) is 13.2 Å². The second kappa shape index (κ2) is 8.09. The van der Waals surface area contributed by atoms with Gasteiger partial charge in [0.2, 0.25) is 5.91 Å². The van der Waals surface area contributed by atoms with Crippen LogP contribution in [0.15, 0.2) is 60.9 Å². The molecule has 0 aliphatic carbocycles. The number of carbonyl (C=O) groups excluding carboxylic acids is 2. The van der Waals surface area contributed by atoms with Gasteiger partial charge in [0.15, 0.2) is 0 Å². The van der Waals surface area contributed by atoms with Crippen molar-refractivity contribution in [3.05, 3.63) is 66.5 Å². The molecule has 1 heterocycles. The van der Waals surface area contributed by atoms with E-state index in [0.717, 1.165) is 29.3 Å². The Morgan fingerprint density at radius 3 is 2.17 bits per heavy atom. The molecule has 29 heavy (non-hydrogen) atoms. The smallest absolute Gasteiger partial charge is 0.367 e. The minimum absolute atomic E-state index is 0.0588.